The van der Waals surface area contributed by atoms with Gasteiger partial charge in [-0.25, -0.2) is 0 Å². The van der Waals surface area contributed by atoms with Gasteiger partial charge in [0.1, 0.15) is 11.5 Å². The highest BCUT2D eigenvalue weighted by atomic mass is 35.5. The van der Waals surface area contributed by atoms with Crippen molar-refractivity contribution >= 4 is 17.9 Å². The van der Waals surface area contributed by atoms with Crippen molar-refractivity contribution in [1.29, 1.82) is 0 Å². The van der Waals surface area contributed by atoms with Gasteiger partial charge >= 0.3 is 0 Å². The molecule has 0 bridgehead atoms. The van der Waals surface area contributed by atoms with Crippen LogP contribution in [0.5, 0.6) is 11.5 Å². The Bertz CT molecular complexity index is 608. The van der Waals surface area contributed by atoms with Crippen LogP contribution in [0.1, 0.15) is 10.4 Å². The van der Waals surface area contributed by atoms with E-state index in [2.05, 4.69) is 0 Å². The zero-order valence-electron chi connectivity index (χ0n) is 10.6. The van der Waals surface area contributed by atoms with Crippen molar-refractivity contribution in [1.82, 2.24) is 0 Å². The lowest BCUT2D eigenvalue weighted by Crippen LogP contribution is -1.91. The molecule has 0 atom stereocenters. The Morgan fingerprint density at radius 1 is 1.05 bits per heavy atom. The molecule has 0 aliphatic carbocycles. The van der Waals surface area contributed by atoms with Gasteiger partial charge in [0.25, 0.3) is 0 Å². The lowest BCUT2D eigenvalue weighted by Gasteiger charge is -2.11. The van der Waals surface area contributed by atoms with Crippen LogP contribution in [0.15, 0.2) is 36.4 Å². The molecule has 2 rings (SSSR count). The van der Waals surface area contributed by atoms with Crippen molar-refractivity contribution in [3.63, 3.8) is 0 Å². The van der Waals surface area contributed by atoms with Crippen LogP contribution in [0.4, 0.5) is 0 Å². The highest BCUT2D eigenvalue weighted by Crippen LogP contribution is 2.34. The fraction of sp³-hybridized carbons (Fsp3) is 0.133. The summed E-state index contributed by atoms with van der Waals surface area (Å²) in [5.74, 6) is 1.41. The third-order valence-corrected chi connectivity index (χ3v) is 3.17. The lowest BCUT2D eigenvalue weighted by atomic mass is 10.0. The Labute approximate surface area is 116 Å². The fourth-order valence-corrected chi connectivity index (χ4v) is 2.05. The molecule has 0 radical (unpaired) electrons. The molecule has 0 aliphatic rings. The number of halogens is 1. The van der Waals surface area contributed by atoms with Crippen LogP contribution >= 0.6 is 11.6 Å². The average molecular weight is 277 g/mol. The van der Waals surface area contributed by atoms with E-state index in [-0.39, 0.29) is 0 Å². The van der Waals surface area contributed by atoms with Crippen molar-refractivity contribution in [2.45, 2.75) is 0 Å². The Morgan fingerprint density at radius 3 is 2.42 bits per heavy atom. The van der Waals surface area contributed by atoms with Crippen LogP contribution in [0.25, 0.3) is 11.1 Å². The summed E-state index contributed by atoms with van der Waals surface area (Å²) >= 11 is 6.04. The van der Waals surface area contributed by atoms with Crippen molar-refractivity contribution in [3.8, 4) is 22.6 Å². The van der Waals surface area contributed by atoms with Crippen LogP contribution in [-0.2, 0) is 0 Å². The van der Waals surface area contributed by atoms with E-state index in [1.165, 1.54) is 0 Å². The van der Waals surface area contributed by atoms with Crippen LogP contribution in [-0.4, -0.2) is 20.5 Å². The Hall–Kier alpha value is -2.00. The summed E-state index contributed by atoms with van der Waals surface area (Å²) in [5, 5.41) is 0.422. The van der Waals surface area contributed by atoms with Gasteiger partial charge in [0.15, 0.2) is 6.29 Å². The first-order chi connectivity index (χ1) is 9.19. The minimum absolute atomic E-state index is 0.422. The summed E-state index contributed by atoms with van der Waals surface area (Å²) in [6, 6.07) is 10.8. The predicted molar refractivity (Wildman–Crippen MR) is 75.4 cm³/mol. The smallest absolute Gasteiger partial charge is 0.151 e. The molecule has 0 aliphatic heterocycles. The number of benzene rings is 2. The second kappa shape index (κ2) is 5.76. The van der Waals surface area contributed by atoms with E-state index < -0.39 is 0 Å². The maximum absolute atomic E-state index is 10.8. The summed E-state index contributed by atoms with van der Waals surface area (Å²) in [5.41, 5.74) is 2.25. The Kier molecular flexibility index (Phi) is 4.07. The summed E-state index contributed by atoms with van der Waals surface area (Å²) in [4.78, 5) is 10.8. The molecule has 0 spiro atoms. The van der Waals surface area contributed by atoms with Crippen molar-refractivity contribution < 1.29 is 14.3 Å². The monoisotopic (exact) mass is 276 g/mol. The van der Waals surface area contributed by atoms with E-state index in [1.807, 2.05) is 18.2 Å². The Morgan fingerprint density at radius 2 is 1.84 bits per heavy atom. The van der Waals surface area contributed by atoms with Gasteiger partial charge in [-0.15, -0.1) is 0 Å². The van der Waals surface area contributed by atoms with E-state index >= 15 is 0 Å². The number of carbonyl (C=O) groups is 1. The van der Waals surface area contributed by atoms with Gasteiger partial charge in [0, 0.05) is 17.2 Å². The van der Waals surface area contributed by atoms with Crippen molar-refractivity contribution in [2.75, 3.05) is 14.2 Å². The minimum Gasteiger partial charge on any atom is -0.497 e. The fourth-order valence-electron chi connectivity index (χ4n) is 1.83. The molecule has 98 valence electrons. The molecule has 19 heavy (non-hydrogen) atoms. The zero-order chi connectivity index (χ0) is 13.8. The zero-order valence-corrected chi connectivity index (χ0v) is 11.4. The van der Waals surface area contributed by atoms with Crippen LogP contribution in [0, 0.1) is 0 Å². The SMILES string of the molecule is COc1ccc(-c2ccc(C=O)c(Cl)c2)c(OC)c1. The number of rotatable bonds is 4. The van der Waals surface area contributed by atoms with E-state index in [9.17, 15) is 4.79 Å². The number of aldehydes is 1. The maximum Gasteiger partial charge on any atom is 0.151 e. The standard InChI is InChI=1S/C15H13ClO3/c1-18-12-5-6-13(15(8-12)19-2)10-3-4-11(9-17)14(16)7-10/h3-9H,1-2H3. The molecule has 0 amide bonds. The summed E-state index contributed by atoms with van der Waals surface area (Å²) in [6.07, 6.45) is 0.733. The summed E-state index contributed by atoms with van der Waals surface area (Å²) in [7, 11) is 3.20. The van der Waals surface area contributed by atoms with Gasteiger partial charge < -0.3 is 9.47 Å². The molecule has 0 aromatic heterocycles. The van der Waals surface area contributed by atoms with E-state index in [4.69, 9.17) is 21.1 Å². The molecule has 0 saturated carbocycles. The number of hydrogen-bond acceptors (Lipinski definition) is 3. The quantitative estimate of drug-likeness (QED) is 0.796. The highest BCUT2D eigenvalue weighted by molar-refractivity contribution is 6.33. The third kappa shape index (κ3) is 2.71. The molecule has 0 unspecified atom stereocenters. The Balaban J connectivity index is 2.52. The predicted octanol–water partition coefficient (Wildman–Crippen LogP) is 3.84. The minimum atomic E-state index is 0.422. The molecule has 2 aromatic rings. The highest BCUT2D eigenvalue weighted by Gasteiger charge is 2.09. The van der Waals surface area contributed by atoms with Crippen LogP contribution in [0.3, 0.4) is 0 Å². The number of hydrogen-bond donors (Lipinski definition) is 0. The van der Waals surface area contributed by atoms with Gasteiger partial charge in [-0.3, -0.25) is 4.79 Å². The topological polar surface area (TPSA) is 35.5 Å². The first-order valence-corrected chi connectivity index (χ1v) is 6.04. The molecule has 0 saturated heterocycles. The van der Waals surface area contributed by atoms with Gasteiger partial charge in [-0.05, 0) is 29.8 Å². The van der Waals surface area contributed by atoms with Crippen molar-refractivity contribution in [3.05, 3.63) is 47.0 Å². The van der Waals surface area contributed by atoms with Gasteiger partial charge in [-0.1, -0.05) is 17.7 Å². The van der Waals surface area contributed by atoms with Crippen LogP contribution < -0.4 is 9.47 Å². The third-order valence-electron chi connectivity index (χ3n) is 2.85. The molecule has 2 aromatic carbocycles. The average Bonchev–Trinajstić information content (AvgIpc) is 2.46. The van der Waals surface area contributed by atoms with E-state index in [1.54, 1.807) is 32.4 Å². The van der Waals surface area contributed by atoms with Gasteiger partial charge in [-0.2, -0.15) is 0 Å². The first kappa shape index (κ1) is 13.4. The van der Waals surface area contributed by atoms with Crippen LogP contribution in [0.2, 0.25) is 5.02 Å². The van der Waals surface area contributed by atoms with E-state index in [0.29, 0.717) is 16.3 Å². The number of ether oxygens (including phenoxy) is 2. The summed E-state index contributed by atoms with van der Waals surface area (Å²) < 4.78 is 10.5. The van der Waals surface area contributed by atoms with Gasteiger partial charge in [0.05, 0.1) is 19.2 Å². The molecular formula is C15H13ClO3. The number of methoxy groups -OCH3 is 2. The maximum atomic E-state index is 10.8. The first-order valence-electron chi connectivity index (χ1n) is 5.66. The molecule has 3 nitrogen and oxygen atoms in total. The van der Waals surface area contributed by atoms with E-state index in [0.717, 1.165) is 23.2 Å². The second-order valence-electron chi connectivity index (χ2n) is 3.92. The molecule has 0 N–H and O–H groups in total. The van der Waals surface area contributed by atoms with Crippen molar-refractivity contribution in [2.24, 2.45) is 0 Å². The largest absolute Gasteiger partial charge is 0.497 e. The molecular weight excluding hydrogens is 264 g/mol. The molecule has 0 fully saturated rings. The molecule has 4 heteroatoms. The lowest BCUT2D eigenvalue weighted by molar-refractivity contribution is 0.112. The summed E-state index contributed by atoms with van der Waals surface area (Å²) in [6.45, 7) is 0. The van der Waals surface area contributed by atoms with Gasteiger partial charge in [0.2, 0.25) is 0 Å². The number of carbonyl (C=O) groups excluding carboxylic acids is 1. The molecule has 0 heterocycles. The second-order valence-corrected chi connectivity index (χ2v) is 4.33. The normalized spacial score (nSPS) is 10.1.